The fourth-order valence-electron chi connectivity index (χ4n) is 6.19. The number of halogens is 4. The first-order valence-electron chi connectivity index (χ1n) is 13.6. The molecule has 3 aliphatic heterocycles. The number of anilines is 1. The standard InChI is InChI=1S/C29H33ClF3N3O4/c30-25-16-22(6-7-24(25)26(38)36-17-23(37)18-36)34-12-8-19(9-13-34)20-10-14-35(15-11-20)27(39)28(40,29(31,32)33)21-4-2-1-3-5-21/h1-7,16,19-20,23,37,40H,8-15,17-18H2. The molecular weight excluding hydrogens is 547 g/mol. The van der Waals surface area contributed by atoms with Crippen LogP contribution in [-0.4, -0.2) is 83.4 Å². The highest BCUT2D eigenvalue weighted by Gasteiger charge is 2.62. The van der Waals surface area contributed by atoms with Crippen LogP contribution in [0.5, 0.6) is 0 Å². The Hall–Kier alpha value is -2.82. The summed E-state index contributed by atoms with van der Waals surface area (Å²) in [7, 11) is 0. The fourth-order valence-corrected chi connectivity index (χ4v) is 6.44. The van der Waals surface area contributed by atoms with Crippen molar-refractivity contribution in [2.24, 2.45) is 11.8 Å². The second-order valence-electron chi connectivity index (χ2n) is 11.1. The summed E-state index contributed by atoms with van der Waals surface area (Å²) in [6.07, 6.45) is -2.63. The number of rotatable bonds is 5. The van der Waals surface area contributed by atoms with Gasteiger partial charge in [-0.2, -0.15) is 13.2 Å². The summed E-state index contributed by atoms with van der Waals surface area (Å²) in [5, 5.41) is 20.5. The van der Waals surface area contributed by atoms with Gasteiger partial charge in [0.25, 0.3) is 17.4 Å². The molecule has 0 saturated carbocycles. The average Bonchev–Trinajstić information content (AvgIpc) is 2.94. The van der Waals surface area contributed by atoms with Crippen molar-refractivity contribution in [2.75, 3.05) is 44.2 Å². The summed E-state index contributed by atoms with van der Waals surface area (Å²) in [5.74, 6) is -0.831. The first-order valence-corrected chi connectivity index (χ1v) is 14.0. The van der Waals surface area contributed by atoms with Gasteiger partial charge in [0.05, 0.1) is 16.7 Å². The Morgan fingerprint density at radius 1 is 0.850 bits per heavy atom. The van der Waals surface area contributed by atoms with Crippen molar-refractivity contribution >= 4 is 29.1 Å². The summed E-state index contributed by atoms with van der Waals surface area (Å²) in [6.45, 7) is 2.55. The predicted molar refractivity (Wildman–Crippen MR) is 144 cm³/mol. The molecule has 2 aromatic rings. The number of likely N-dealkylation sites (tertiary alicyclic amines) is 2. The summed E-state index contributed by atoms with van der Waals surface area (Å²) in [5.41, 5.74) is -2.70. The van der Waals surface area contributed by atoms with Crippen LogP contribution in [0.1, 0.15) is 41.6 Å². The third-order valence-electron chi connectivity index (χ3n) is 8.64. The molecule has 2 aromatic carbocycles. The Morgan fingerprint density at radius 3 is 1.95 bits per heavy atom. The number of benzene rings is 2. The van der Waals surface area contributed by atoms with Gasteiger partial charge in [-0.3, -0.25) is 9.59 Å². The summed E-state index contributed by atoms with van der Waals surface area (Å²) in [6, 6.07) is 11.9. The van der Waals surface area contributed by atoms with Crippen LogP contribution in [0.2, 0.25) is 5.02 Å². The minimum atomic E-state index is -5.14. The monoisotopic (exact) mass is 579 g/mol. The second kappa shape index (κ2) is 11.2. The van der Waals surface area contributed by atoms with Crippen LogP contribution in [0.4, 0.5) is 18.9 Å². The molecule has 7 nitrogen and oxygen atoms in total. The van der Waals surface area contributed by atoms with Gasteiger partial charge in [-0.05, 0) is 55.7 Å². The Bertz CT molecular complexity index is 1220. The maximum Gasteiger partial charge on any atom is 0.430 e. The van der Waals surface area contributed by atoms with Crippen molar-refractivity contribution in [1.29, 1.82) is 0 Å². The lowest BCUT2D eigenvalue weighted by Crippen LogP contribution is -2.57. The number of aliphatic hydroxyl groups is 2. The lowest BCUT2D eigenvalue weighted by atomic mass is 9.78. The van der Waals surface area contributed by atoms with E-state index < -0.39 is 29.4 Å². The molecule has 2 N–H and O–H groups in total. The summed E-state index contributed by atoms with van der Waals surface area (Å²) < 4.78 is 41.9. The Morgan fingerprint density at radius 2 is 1.43 bits per heavy atom. The van der Waals surface area contributed by atoms with Crippen LogP contribution in [-0.2, 0) is 10.4 Å². The third-order valence-corrected chi connectivity index (χ3v) is 8.95. The zero-order valence-electron chi connectivity index (χ0n) is 22.0. The van der Waals surface area contributed by atoms with E-state index >= 15 is 0 Å². The van der Waals surface area contributed by atoms with Gasteiger partial charge in [0.15, 0.2) is 0 Å². The largest absolute Gasteiger partial charge is 0.430 e. The molecule has 1 atom stereocenters. The second-order valence-corrected chi connectivity index (χ2v) is 11.5. The van der Waals surface area contributed by atoms with Crippen LogP contribution in [0, 0.1) is 11.8 Å². The number of carbonyl (C=O) groups excluding carboxylic acids is 2. The molecule has 3 fully saturated rings. The van der Waals surface area contributed by atoms with E-state index in [-0.39, 0.29) is 24.9 Å². The van der Waals surface area contributed by atoms with Gasteiger partial charge in [-0.15, -0.1) is 0 Å². The molecule has 3 aliphatic rings. The summed E-state index contributed by atoms with van der Waals surface area (Å²) in [4.78, 5) is 30.5. The molecule has 5 rings (SSSR count). The van der Waals surface area contributed by atoms with E-state index in [1.807, 2.05) is 6.07 Å². The number of alkyl halides is 3. The highest BCUT2D eigenvalue weighted by atomic mass is 35.5. The lowest BCUT2D eigenvalue weighted by molar-refractivity contribution is -0.262. The lowest BCUT2D eigenvalue weighted by Gasteiger charge is -2.42. The van der Waals surface area contributed by atoms with Crippen LogP contribution < -0.4 is 4.90 Å². The maximum absolute atomic E-state index is 14.0. The average molecular weight is 580 g/mol. The molecule has 0 aliphatic carbocycles. The minimum Gasteiger partial charge on any atom is -0.389 e. The van der Waals surface area contributed by atoms with Crippen LogP contribution in [0.3, 0.4) is 0 Å². The molecule has 0 radical (unpaired) electrons. The van der Waals surface area contributed by atoms with Gasteiger partial charge in [-0.25, -0.2) is 0 Å². The van der Waals surface area contributed by atoms with Gasteiger partial charge in [0.1, 0.15) is 0 Å². The molecule has 0 aromatic heterocycles. The Kier molecular flexibility index (Phi) is 8.05. The van der Waals surface area contributed by atoms with Crippen LogP contribution in [0.25, 0.3) is 0 Å². The first kappa shape index (κ1) is 28.7. The smallest absolute Gasteiger partial charge is 0.389 e. The zero-order chi connectivity index (χ0) is 28.7. The predicted octanol–water partition coefficient (Wildman–Crippen LogP) is 4.06. The van der Waals surface area contributed by atoms with Crippen molar-refractivity contribution < 1.29 is 33.0 Å². The molecule has 1 unspecified atom stereocenters. The van der Waals surface area contributed by atoms with E-state index in [9.17, 15) is 33.0 Å². The fraction of sp³-hybridized carbons (Fsp3) is 0.517. The van der Waals surface area contributed by atoms with Crippen molar-refractivity contribution in [3.05, 3.63) is 64.7 Å². The van der Waals surface area contributed by atoms with E-state index in [1.165, 1.54) is 18.2 Å². The molecule has 3 heterocycles. The molecular formula is C29H33ClF3N3O4. The van der Waals surface area contributed by atoms with E-state index in [0.717, 1.165) is 48.7 Å². The SMILES string of the molecule is O=C(c1ccc(N2CCC(C3CCN(C(=O)C(O)(c4ccccc4)C(F)(F)F)CC3)CC2)cc1Cl)N1CC(O)C1. The van der Waals surface area contributed by atoms with Gasteiger partial charge < -0.3 is 24.9 Å². The number of hydrogen-bond acceptors (Lipinski definition) is 5. The molecule has 40 heavy (non-hydrogen) atoms. The first-order chi connectivity index (χ1) is 19.0. The van der Waals surface area contributed by atoms with Gasteiger partial charge in [-0.1, -0.05) is 41.9 Å². The van der Waals surface area contributed by atoms with Gasteiger partial charge in [0.2, 0.25) is 0 Å². The van der Waals surface area contributed by atoms with Crippen molar-refractivity contribution in [1.82, 2.24) is 9.80 Å². The number of carbonyl (C=O) groups is 2. The molecule has 0 spiro atoms. The number of β-amino-alcohol motifs (C(OH)–C–C–N with tert-alkyl or cyclic N) is 1. The number of amides is 2. The topological polar surface area (TPSA) is 84.3 Å². The van der Waals surface area contributed by atoms with Crippen LogP contribution >= 0.6 is 11.6 Å². The van der Waals surface area contributed by atoms with Crippen molar-refractivity contribution in [3.8, 4) is 0 Å². The number of hydrogen-bond donors (Lipinski definition) is 2. The van der Waals surface area contributed by atoms with Crippen molar-refractivity contribution in [3.63, 3.8) is 0 Å². The van der Waals surface area contributed by atoms with E-state index in [2.05, 4.69) is 4.90 Å². The van der Waals surface area contributed by atoms with Gasteiger partial charge >= 0.3 is 6.18 Å². The maximum atomic E-state index is 14.0. The molecule has 0 bridgehead atoms. The number of piperidine rings is 2. The number of nitrogens with zero attached hydrogens (tertiary/aromatic N) is 3. The molecule has 11 heteroatoms. The molecule has 216 valence electrons. The highest BCUT2D eigenvalue weighted by Crippen LogP contribution is 2.42. The van der Waals surface area contributed by atoms with E-state index in [0.29, 0.717) is 42.4 Å². The Balaban J connectivity index is 1.15. The van der Waals surface area contributed by atoms with E-state index in [1.54, 1.807) is 17.0 Å². The quantitative estimate of drug-likeness (QED) is 0.558. The van der Waals surface area contributed by atoms with E-state index in [4.69, 9.17) is 11.6 Å². The molecule has 3 saturated heterocycles. The highest BCUT2D eigenvalue weighted by molar-refractivity contribution is 6.34. The third kappa shape index (κ3) is 5.41. The molecule has 2 amide bonds. The Labute approximate surface area is 236 Å². The zero-order valence-corrected chi connectivity index (χ0v) is 22.7. The number of aliphatic hydroxyl groups excluding tert-OH is 1. The summed E-state index contributed by atoms with van der Waals surface area (Å²) >= 11 is 6.44. The minimum absolute atomic E-state index is 0.175. The normalized spacial score (nSPS) is 21.2. The van der Waals surface area contributed by atoms with Crippen molar-refractivity contribution in [2.45, 2.75) is 43.6 Å². The van der Waals surface area contributed by atoms with Crippen LogP contribution in [0.15, 0.2) is 48.5 Å². The van der Waals surface area contributed by atoms with Gasteiger partial charge in [0, 0.05) is 50.5 Å².